The molecular formula is C15H23NO4. The molecule has 0 radical (unpaired) electrons. The summed E-state index contributed by atoms with van der Waals surface area (Å²) in [6.45, 7) is 6.24. The minimum Gasteiger partial charge on any atom is -0.497 e. The van der Waals surface area contributed by atoms with E-state index in [1.54, 1.807) is 6.26 Å². The van der Waals surface area contributed by atoms with Gasteiger partial charge in [0, 0.05) is 19.5 Å². The molecule has 112 valence electrons. The minimum absolute atomic E-state index is 0.151. The Morgan fingerprint density at radius 2 is 2.25 bits per heavy atom. The number of allylic oxidation sites excluding steroid dienone is 2. The Balaban J connectivity index is 2.11. The van der Waals surface area contributed by atoms with Gasteiger partial charge in [0.05, 0.1) is 25.5 Å². The third kappa shape index (κ3) is 3.69. The van der Waals surface area contributed by atoms with E-state index in [-0.39, 0.29) is 24.3 Å². The maximum Gasteiger partial charge on any atom is 0.166 e. The Kier molecular flexibility index (Phi) is 5.76. The van der Waals surface area contributed by atoms with E-state index in [2.05, 4.69) is 11.5 Å². The van der Waals surface area contributed by atoms with Crippen molar-refractivity contribution >= 4 is 5.78 Å². The number of hydrogen-bond acceptors (Lipinski definition) is 5. The van der Waals surface area contributed by atoms with Gasteiger partial charge in [-0.3, -0.25) is 9.69 Å². The van der Waals surface area contributed by atoms with E-state index in [0.717, 1.165) is 12.8 Å². The molecule has 0 aromatic heterocycles. The second-order valence-corrected chi connectivity index (χ2v) is 5.17. The van der Waals surface area contributed by atoms with Crippen molar-refractivity contribution in [2.24, 2.45) is 0 Å². The number of morpholine rings is 1. The SMILES string of the molecule is C=CCC(=O)C(O)C(C1CCC=CO1)N1CCOCC1. The lowest BCUT2D eigenvalue weighted by Gasteiger charge is -2.41. The van der Waals surface area contributed by atoms with E-state index in [1.165, 1.54) is 6.08 Å². The zero-order valence-corrected chi connectivity index (χ0v) is 11.7. The van der Waals surface area contributed by atoms with Crippen molar-refractivity contribution in [3.05, 3.63) is 25.0 Å². The first-order chi connectivity index (χ1) is 9.74. The molecule has 3 unspecified atom stereocenters. The summed E-state index contributed by atoms with van der Waals surface area (Å²) in [6, 6.07) is -0.309. The molecule has 2 aliphatic heterocycles. The van der Waals surface area contributed by atoms with Crippen LogP contribution in [0.15, 0.2) is 25.0 Å². The second-order valence-electron chi connectivity index (χ2n) is 5.17. The summed E-state index contributed by atoms with van der Waals surface area (Å²) < 4.78 is 11.0. The van der Waals surface area contributed by atoms with Gasteiger partial charge in [0.15, 0.2) is 5.78 Å². The molecule has 5 nitrogen and oxygen atoms in total. The molecule has 0 aromatic rings. The van der Waals surface area contributed by atoms with E-state index in [9.17, 15) is 9.90 Å². The number of ketones is 1. The highest BCUT2D eigenvalue weighted by Gasteiger charge is 2.38. The molecule has 2 heterocycles. The first-order valence-corrected chi connectivity index (χ1v) is 7.18. The summed E-state index contributed by atoms with van der Waals surface area (Å²) in [5, 5.41) is 10.4. The van der Waals surface area contributed by atoms with Gasteiger partial charge < -0.3 is 14.6 Å². The molecule has 1 N–H and O–H groups in total. The second kappa shape index (κ2) is 7.57. The molecule has 0 amide bonds. The van der Waals surface area contributed by atoms with Crippen molar-refractivity contribution < 1.29 is 19.4 Å². The van der Waals surface area contributed by atoms with Crippen LogP contribution in [0.1, 0.15) is 19.3 Å². The molecule has 0 aromatic carbocycles. The topological polar surface area (TPSA) is 59.0 Å². The number of carbonyl (C=O) groups is 1. The number of nitrogens with zero attached hydrogens (tertiary/aromatic N) is 1. The van der Waals surface area contributed by atoms with Gasteiger partial charge in [0.1, 0.15) is 12.2 Å². The highest BCUT2D eigenvalue weighted by atomic mass is 16.5. The lowest BCUT2D eigenvalue weighted by molar-refractivity contribution is -0.137. The Morgan fingerprint density at radius 1 is 1.50 bits per heavy atom. The summed E-state index contributed by atoms with van der Waals surface area (Å²) in [6.07, 6.45) is 5.89. The molecule has 20 heavy (non-hydrogen) atoms. The van der Waals surface area contributed by atoms with Gasteiger partial charge >= 0.3 is 0 Å². The maximum absolute atomic E-state index is 12.0. The van der Waals surface area contributed by atoms with E-state index >= 15 is 0 Å². The van der Waals surface area contributed by atoms with Crippen LogP contribution in [0.25, 0.3) is 0 Å². The number of carbonyl (C=O) groups excluding carboxylic acids is 1. The largest absolute Gasteiger partial charge is 0.497 e. The number of aliphatic hydroxyl groups is 1. The van der Waals surface area contributed by atoms with E-state index < -0.39 is 6.10 Å². The van der Waals surface area contributed by atoms with Crippen LogP contribution in [0.5, 0.6) is 0 Å². The van der Waals surface area contributed by atoms with Crippen molar-refractivity contribution in [2.45, 2.75) is 37.5 Å². The van der Waals surface area contributed by atoms with Crippen LogP contribution in [-0.4, -0.2) is 60.3 Å². The third-order valence-electron chi connectivity index (χ3n) is 3.81. The van der Waals surface area contributed by atoms with Crippen molar-refractivity contribution in [1.29, 1.82) is 0 Å². The van der Waals surface area contributed by atoms with Crippen LogP contribution in [0.4, 0.5) is 0 Å². The number of Topliss-reactive ketones (excluding diaryl/α,β-unsaturated/α-hetero) is 1. The summed E-state index contributed by atoms with van der Waals surface area (Å²) in [4.78, 5) is 14.1. The fraction of sp³-hybridized carbons (Fsp3) is 0.667. The molecule has 3 atom stereocenters. The third-order valence-corrected chi connectivity index (χ3v) is 3.81. The first kappa shape index (κ1) is 15.2. The van der Waals surface area contributed by atoms with Crippen LogP contribution in [0, 0.1) is 0 Å². The standard InChI is InChI=1S/C15H23NO4/c1-2-5-12(17)15(18)14(13-6-3-4-9-20-13)16-7-10-19-11-8-16/h2,4,9,13-15,18H,1,3,5-8,10-11H2. The normalized spacial score (nSPS) is 26.6. The summed E-state index contributed by atoms with van der Waals surface area (Å²) in [5.74, 6) is -0.199. The number of ether oxygens (including phenoxy) is 2. The molecule has 2 aliphatic rings. The molecule has 5 heteroatoms. The predicted molar refractivity (Wildman–Crippen MR) is 75.3 cm³/mol. The number of rotatable bonds is 6. The average Bonchev–Trinajstić information content (AvgIpc) is 2.50. The number of hydrogen-bond donors (Lipinski definition) is 1. The molecule has 1 saturated heterocycles. The molecule has 0 saturated carbocycles. The smallest absolute Gasteiger partial charge is 0.166 e. The number of aliphatic hydroxyl groups excluding tert-OH is 1. The zero-order valence-electron chi connectivity index (χ0n) is 11.7. The molecular weight excluding hydrogens is 258 g/mol. The first-order valence-electron chi connectivity index (χ1n) is 7.18. The zero-order chi connectivity index (χ0) is 14.4. The van der Waals surface area contributed by atoms with Crippen LogP contribution >= 0.6 is 0 Å². The van der Waals surface area contributed by atoms with Gasteiger partial charge in [-0.2, -0.15) is 0 Å². The molecule has 0 aliphatic carbocycles. The van der Waals surface area contributed by atoms with E-state index in [4.69, 9.17) is 9.47 Å². The van der Waals surface area contributed by atoms with Gasteiger partial charge in [0.25, 0.3) is 0 Å². The van der Waals surface area contributed by atoms with Crippen molar-refractivity contribution in [1.82, 2.24) is 4.90 Å². The Hall–Kier alpha value is -1.17. The van der Waals surface area contributed by atoms with E-state index in [1.807, 2.05) is 6.08 Å². The Bertz CT molecular complexity index is 363. The molecule has 0 bridgehead atoms. The maximum atomic E-state index is 12.0. The van der Waals surface area contributed by atoms with Gasteiger partial charge in [0.2, 0.25) is 0 Å². The van der Waals surface area contributed by atoms with Crippen LogP contribution < -0.4 is 0 Å². The van der Waals surface area contributed by atoms with E-state index in [0.29, 0.717) is 26.3 Å². The van der Waals surface area contributed by atoms with Crippen LogP contribution in [0.2, 0.25) is 0 Å². The summed E-state index contributed by atoms with van der Waals surface area (Å²) >= 11 is 0. The van der Waals surface area contributed by atoms with Gasteiger partial charge in [-0.25, -0.2) is 0 Å². The quantitative estimate of drug-likeness (QED) is 0.733. The summed E-state index contributed by atoms with van der Waals surface area (Å²) in [7, 11) is 0. The highest BCUT2D eigenvalue weighted by Crippen LogP contribution is 2.22. The molecule has 1 fully saturated rings. The minimum atomic E-state index is -1.04. The Morgan fingerprint density at radius 3 is 2.85 bits per heavy atom. The van der Waals surface area contributed by atoms with Gasteiger partial charge in [-0.05, 0) is 18.9 Å². The van der Waals surface area contributed by atoms with Crippen molar-refractivity contribution in [3.63, 3.8) is 0 Å². The monoisotopic (exact) mass is 281 g/mol. The summed E-state index contributed by atoms with van der Waals surface area (Å²) in [5.41, 5.74) is 0. The van der Waals surface area contributed by atoms with Crippen molar-refractivity contribution in [2.75, 3.05) is 26.3 Å². The molecule has 0 spiro atoms. The lowest BCUT2D eigenvalue weighted by atomic mass is 9.93. The highest BCUT2D eigenvalue weighted by molar-refractivity contribution is 5.84. The van der Waals surface area contributed by atoms with Crippen LogP contribution in [0.3, 0.4) is 0 Å². The average molecular weight is 281 g/mol. The van der Waals surface area contributed by atoms with Crippen molar-refractivity contribution in [3.8, 4) is 0 Å². The van der Waals surface area contributed by atoms with Crippen LogP contribution in [-0.2, 0) is 14.3 Å². The van der Waals surface area contributed by atoms with Gasteiger partial charge in [-0.1, -0.05) is 6.08 Å². The molecule has 2 rings (SSSR count). The fourth-order valence-electron chi connectivity index (χ4n) is 2.77. The van der Waals surface area contributed by atoms with Gasteiger partial charge in [-0.15, -0.1) is 6.58 Å². The predicted octanol–water partition coefficient (Wildman–Crippen LogP) is 0.886. The lowest BCUT2D eigenvalue weighted by Crippen LogP contribution is -2.57. The fourth-order valence-corrected chi connectivity index (χ4v) is 2.77. The Labute approximate surface area is 119 Å².